The molecule has 64 valence electrons. The van der Waals surface area contributed by atoms with Crippen molar-refractivity contribution in [3.05, 3.63) is 47.6 Å². The second-order valence-corrected chi connectivity index (χ2v) is 2.96. The lowest BCUT2D eigenvalue weighted by Gasteiger charge is -1.97. The molecule has 1 aliphatic carbocycles. The highest BCUT2D eigenvalue weighted by Gasteiger charge is 2.13. The fourth-order valence-electron chi connectivity index (χ4n) is 1.68. The van der Waals surface area contributed by atoms with Crippen LogP contribution in [0.25, 0.3) is 0 Å². The van der Waals surface area contributed by atoms with Crippen molar-refractivity contribution in [2.45, 2.75) is 26.7 Å². The molecule has 0 aromatic rings. The molecule has 0 aliphatic heterocycles. The Balaban J connectivity index is 3.02. The first kappa shape index (κ1) is 9.05. The first-order valence-electron chi connectivity index (χ1n) is 4.47. The summed E-state index contributed by atoms with van der Waals surface area (Å²) >= 11 is 0. The van der Waals surface area contributed by atoms with Gasteiger partial charge in [-0.3, -0.25) is 0 Å². The van der Waals surface area contributed by atoms with E-state index in [-0.39, 0.29) is 0 Å². The Morgan fingerprint density at radius 2 is 2.00 bits per heavy atom. The molecule has 0 aromatic carbocycles. The van der Waals surface area contributed by atoms with Gasteiger partial charge in [-0.05, 0) is 43.4 Å². The Kier molecular flexibility index (Phi) is 3.09. The molecule has 0 aromatic heterocycles. The smallest absolute Gasteiger partial charge is 0.0201 e. The SMILES string of the molecule is C=CC1=C(/C=C\C)CC/C1=C\C. The topological polar surface area (TPSA) is 0 Å². The van der Waals surface area contributed by atoms with Crippen molar-refractivity contribution in [2.75, 3.05) is 0 Å². The van der Waals surface area contributed by atoms with Crippen molar-refractivity contribution in [3.8, 4) is 0 Å². The van der Waals surface area contributed by atoms with Crippen molar-refractivity contribution in [2.24, 2.45) is 0 Å². The molecule has 0 heteroatoms. The summed E-state index contributed by atoms with van der Waals surface area (Å²) in [6.45, 7) is 7.99. The van der Waals surface area contributed by atoms with E-state index in [4.69, 9.17) is 0 Å². The molecule has 1 rings (SSSR count). The average Bonchev–Trinajstić information content (AvgIpc) is 2.47. The molecule has 0 N–H and O–H groups in total. The summed E-state index contributed by atoms with van der Waals surface area (Å²) in [5, 5.41) is 0. The molecule has 0 radical (unpaired) electrons. The summed E-state index contributed by atoms with van der Waals surface area (Å²) < 4.78 is 0. The Morgan fingerprint density at radius 3 is 2.50 bits per heavy atom. The van der Waals surface area contributed by atoms with Gasteiger partial charge in [-0.1, -0.05) is 30.9 Å². The minimum absolute atomic E-state index is 1.17. The van der Waals surface area contributed by atoms with Gasteiger partial charge in [0.1, 0.15) is 0 Å². The van der Waals surface area contributed by atoms with E-state index in [1.165, 1.54) is 29.6 Å². The summed E-state index contributed by atoms with van der Waals surface area (Å²) in [5.74, 6) is 0. The lowest BCUT2D eigenvalue weighted by molar-refractivity contribution is 1.03. The Bertz CT molecular complexity index is 262. The van der Waals surface area contributed by atoms with Crippen LogP contribution >= 0.6 is 0 Å². The molecule has 0 saturated carbocycles. The quantitative estimate of drug-likeness (QED) is 0.576. The van der Waals surface area contributed by atoms with Gasteiger partial charge in [-0.15, -0.1) is 0 Å². The van der Waals surface area contributed by atoms with Gasteiger partial charge in [-0.25, -0.2) is 0 Å². The molecule has 0 unspecified atom stereocenters. The molecule has 0 saturated heterocycles. The molecule has 0 bridgehead atoms. The normalized spacial score (nSPS) is 21.3. The van der Waals surface area contributed by atoms with E-state index < -0.39 is 0 Å². The summed E-state index contributed by atoms with van der Waals surface area (Å²) in [5.41, 5.74) is 4.22. The second kappa shape index (κ2) is 4.10. The summed E-state index contributed by atoms with van der Waals surface area (Å²) in [6.07, 6.45) is 10.8. The van der Waals surface area contributed by atoms with Crippen LogP contribution in [0.1, 0.15) is 26.7 Å². The molecular formula is C12H16. The van der Waals surface area contributed by atoms with Crippen molar-refractivity contribution in [3.63, 3.8) is 0 Å². The first-order valence-corrected chi connectivity index (χ1v) is 4.47. The maximum atomic E-state index is 3.84. The van der Waals surface area contributed by atoms with Crippen LogP contribution in [-0.2, 0) is 0 Å². The standard InChI is InChI=1S/C12H16/c1-4-7-11-9-8-10(5-2)12(11)6-3/h4-7H,3,8-9H2,1-2H3/b7-4-,10-5+. The molecule has 0 fully saturated rings. The predicted molar refractivity (Wildman–Crippen MR) is 55.0 cm³/mol. The van der Waals surface area contributed by atoms with Gasteiger partial charge in [0.2, 0.25) is 0 Å². The van der Waals surface area contributed by atoms with Gasteiger partial charge in [0, 0.05) is 0 Å². The monoisotopic (exact) mass is 160 g/mol. The zero-order valence-electron chi connectivity index (χ0n) is 7.93. The van der Waals surface area contributed by atoms with Crippen LogP contribution in [0.3, 0.4) is 0 Å². The first-order chi connectivity index (χ1) is 5.83. The zero-order valence-corrected chi connectivity index (χ0v) is 7.93. The molecular weight excluding hydrogens is 144 g/mol. The number of hydrogen-bond donors (Lipinski definition) is 0. The number of hydrogen-bond acceptors (Lipinski definition) is 0. The van der Waals surface area contributed by atoms with Crippen molar-refractivity contribution in [1.82, 2.24) is 0 Å². The number of rotatable bonds is 2. The fraction of sp³-hybridized carbons (Fsp3) is 0.333. The van der Waals surface area contributed by atoms with Crippen molar-refractivity contribution < 1.29 is 0 Å². The minimum Gasteiger partial charge on any atom is -0.0985 e. The number of allylic oxidation sites excluding steroid dienone is 7. The maximum Gasteiger partial charge on any atom is -0.0201 e. The van der Waals surface area contributed by atoms with Crippen LogP contribution < -0.4 is 0 Å². The average molecular weight is 160 g/mol. The zero-order chi connectivity index (χ0) is 8.97. The Morgan fingerprint density at radius 1 is 1.25 bits per heavy atom. The second-order valence-electron chi connectivity index (χ2n) is 2.96. The third kappa shape index (κ3) is 1.58. The third-order valence-corrected chi connectivity index (χ3v) is 2.28. The molecule has 0 heterocycles. The predicted octanol–water partition coefficient (Wildman–Crippen LogP) is 3.79. The molecule has 12 heavy (non-hydrogen) atoms. The lowest BCUT2D eigenvalue weighted by atomic mass is 10.1. The highest BCUT2D eigenvalue weighted by atomic mass is 14.2. The van der Waals surface area contributed by atoms with Crippen LogP contribution in [-0.4, -0.2) is 0 Å². The van der Waals surface area contributed by atoms with Crippen LogP contribution in [0, 0.1) is 0 Å². The molecule has 0 spiro atoms. The van der Waals surface area contributed by atoms with Gasteiger partial charge < -0.3 is 0 Å². The van der Waals surface area contributed by atoms with E-state index in [0.717, 1.165) is 0 Å². The van der Waals surface area contributed by atoms with Gasteiger partial charge in [0.25, 0.3) is 0 Å². The molecule has 0 atom stereocenters. The van der Waals surface area contributed by atoms with Gasteiger partial charge in [0.05, 0.1) is 0 Å². The van der Waals surface area contributed by atoms with Crippen molar-refractivity contribution in [1.29, 1.82) is 0 Å². The van der Waals surface area contributed by atoms with E-state index in [1.807, 2.05) is 6.08 Å². The van der Waals surface area contributed by atoms with Gasteiger partial charge in [-0.2, -0.15) is 0 Å². The summed E-state index contributed by atoms with van der Waals surface area (Å²) in [7, 11) is 0. The van der Waals surface area contributed by atoms with Crippen LogP contribution in [0.5, 0.6) is 0 Å². The fourth-order valence-corrected chi connectivity index (χ4v) is 1.68. The van der Waals surface area contributed by atoms with E-state index >= 15 is 0 Å². The highest BCUT2D eigenvalue weighted by Crippen LogP contribution is 2.32. The van der Waals surface area contributed by atoms with E-state index in [2.05, 4.69) is 38.7 Å². The molecule has 0 amide bonds. The minimum atomic E-state index is 1.17. The largest absolute Gasteiger partial charge is 0.0985 e. The van der Waals surface area contributed by atoms with E-state index in [9.17, 15) is 0 Å². The Labute approximate surface area is 75.0 Å². The third-order valence-electron chi connectivity index (χ3n) is 2.28. The Hall–Kier alpha value is -1.04. The lowest BCUT2D eigenvalue weighted by Crippen LogP contribution is -1.78. The van der Waals surface area contributed by atoms with E-state index in [0.29, 0.717) is 0 Å². The summed E-state index contributed by atoms with van der Waals surface area (Å²) in [4.78, 5) is 0. The van der Waals surface area contributed by atoms with Crippen LogP contribution in [0.15, 0.2) is 47.6 Å². The van der Waals surface area contributed by atoms with Gasteiger partial charge in [0.15, 0.2) is 0 Å². The van der Waals surface area contributed by atoms with Gasteiger partial charge >= 0.3 is 0 Å². The van der Waals surface area contributed by atoms with Crippen LogP contribution in [0.4, 0.5) is 0 Å². The van der Waals surface area contributed by atoms with Crippen LogP contribution in [0.2, 0.25) is 0 Å². The highest BCUT2D eigenvalue weighted by molar-refractivity contribution is 5.50. The van der Waals surface area contributed by atoms with Crippen molar-refractivity contribution >= 4 is 0 Å². The summed E-state index contributed by atoms with van der Waals surface area (Å²) in [6, 6.07) is 0. The maximum absolute atomic E-state index is 3.84. The molecule has 1 aliphatic rings. The van der Waals surface area contributed by atoms with E-state index in [1.54, 1.807) is 0 Å². The molecule has 0 nitrogen and oxygen atoms in total.